The number of aliphatic carboxylic acids is 1. The van der Waals surface area contributed by atoms with Gasteiger partial charge in [-0.15, -0.1) is 0 Å². The fraction of sp³-hybridized carbons (Fsp3) is 0.267. The van der Waals surface area contributed by atoms with Gasteiger partial charge < -0.3 is 10.8 Å². The van der Waals surface area contributed by atoms with Crippen molar-refractivity contribution in [3.63, 3.8) is 0 Å². The topological polar surface area (TPSA) is 126 Å². The summed E-state index contributed by atoms with van der Waals surface area (Å²) in [6.07, 6.45) is 5.02. The van der Waals surface area contributed by atoms with Crippen LogP contribution in [0.15, 0.2) is 23.6 Å². The van der Waals surface area contributed by atoms with Gasteiger partial charge in [-0.3, -0.25) is 4.79 Å². The van der Waals surface area contributed by atoms with Gasteiger partial charge in [0.15, 0.2) is 5.16 Å². The molecule has 0 aliphatic rings. The van der Waals surface area contributed by atoms with E-state index in [2.05, 4.69) is 15.0 Å². The number of hydrogen-bond donors (Lipinski definition) is 2. The summed E-state index contributed by atoms with van der Waals surface area (Å²) in [5, 5.41) is 18.9. The van der Waals surface area contributed by atoms with Crippen LogP contribution in [0.1, 0.15) is 30.5 Å². The highest BCUT2D eigenvalue weighted by Crippen LogP contribution is 2.30. The first kappa shape index (κ1) is 16.7. The molecule has 0 aliphatic carbocycles. The van der Waals surface area contributed by atoms with E-state index in [1.165, 1.54) is 11.8 Å². The molecule has 2 aromatic heterocycles. The standard InChI is InChI=1S/C15H15N5O2S/c1-8(3-13(21)22)12-4-10(11(5-16)14(17)20-12)9-6-18-15(23-2)19-7-9/h4,6-8H,3H2,1-2H3,(H2,17,20)(H,21,22). The molecule has 0 saturated heterocycles. The second kappa shape index (κ2) is 7.07. The Hall–Kier alpha value is -2.66. The summed E-state index contributed by atoms with van der Waals surface area (Å²) in [5.41, 5.74) is 7.81. The van der Waals surface area contributed by atoms with Crippen molar-refractivity contribution in [3.05, 3.63) is 29.7 Å². The molecule has 0 fully saturated rings. The third-order valence-corrected chi connectivity index (χ3v) is 3.86. The molecule has 3 N–H and O–H groups in total. The van der Waals surface area contributed by atoms with Crippen LogP contribution >= 0.6 is 11.8 Å². The fourth-order valence-electron chi connectivity index (χ4n) is 2.11. The second-order valence-corrected chi connectivity index (χ2v) is 5.70. The molecule has 23 heavy (non-hydrogen) atoms. The normalized spacial score (nSPS) is 11.7. The molecule has 0 bridgehead atoms. The van der Waals surface area contributed by atoms with Crippen molar-refractivity contribution < 1.29 is 9.90 Å². The van der Waals surface area contributed by atoms with Crippen LogP contribution in [0.5, 0.6) is 0 Å². The Morgan fingerprint density at radius 1 is 1.48 bits per heavy atom. The molecule has 0 amide bonds. The molecule has 2 aromatic rings. The summed E-state index contributed by atoms with van der Waals surface area (Å²) in [4.78, 5) is 23.4. The smallest absolute Gasteiger partial charge is 0.304 e. The van der Waals surface area contributed by atoms with Crippen molar-refractivity contribution in [1.29, 1.82) is 5.26 Å². The van der Waals surface area contributed by atoms with Gasteiger partial charge in [-0.25, -0.2) is 15.0 Å². The number of pyridine rings is 1. The number of carboxylic acid groups (broad SMARTS) is 1. The van der Waals surface area contributed by atoms with E-state index in [1.54, 1.807) is 25.4 Å². The number of nitriles is 1. The van der Waals surface area contributed by atoms with Gasteiger partial charge in [0.2, 0.25) is 0 Å². The van der Waals surface area contributed by atoms with Crippen molar-refractivity contribution in [2.24, 2.45) is 0 Å². The molecule has 2 rings (SSSR count). The highest BCUT2D eigenvalue weighted by Gasteiger charge is 2.18. The number of nitrogens with two attached hydrogens (primary N) is 1. The van der Waals surface area contributed by atoms with Crippen LogP contribution in [0, 0.1) is 11.3 Å². The zero-order valence-corrected chi connectivity index (χ0v) is 13.5. The molecular formula is C15H15N5O2S. The van der Waals surface area contributed by atoms with Crippen molar-refractivity contribution in [2.45, 2.75) is 24.4 Å². The van der Waals surface area contributed by atoms with Crippen LogP contribution in [0.3, 0.4) is 0 Å². The molecule has 118 valence electrons. The lowest BCUT2D eigenvalue weighted by Gasteiger charge is -2.13. The van der Waals surface area contributed by atoms with Gasteiger partial charge in [0.25, 0.3) is 0 Å². The third-order valence-electron chi connectivity index (χ3n) is 3.29. The number of thioether (sulfide) groups is 1. The van der Waals surface area contributed by atoms with E-state index in [0.29, 0.717) is 22.0 Å². The van der Waals surface area contributed by atoms with Crippen molar-refractivity contribution in [1.82, 2.24) is 15.0 Å². The number of nitrogen functional groups attached to an aromatic ring is 1. The monoisotopic (exact) mass is 329 g/mol. The van der Waals surface area contributed by atoms with Gasteiger partial charge in [-0.05, 0) is 12.3 Å². The van der Waals surface area contributed by atoms with Crippen LogP contribution in [0.2, 0.25) is 0 Å². The average molecular weight is 329 g/mol. The Balaban J connectivity index is 2.53. The molecule has 2 heterocycles. The van der Waals surface area contributed by atoms with Crippen molar-refractivity contribution in [2.75, 3.05) is 12.0 Å². The highest BCUT2D eigenvalue weighted by atomic mass is 32.2. The SMILES string of the molecule is CSc1ncc(-c2cc(C(C)CC(=O)O)nc(N)c2C#N)cn1. The number of aromatic nitrogens is 3. The summed E-state index contributed by atoms with van der Waals surface area (Å²) in [6.45, 7) is 1.75. The lowest BCUT2D eigenvalue weighted by atomic mass is 9.97. The molecule has 0 aliphatic heterocycles. The molecule has 7 nitrogen and oxygen atoms in total. The van der Waals surface area contributed by atoms with Gasteiger partial charge in [-0.2, -0.15) is 5.26 Å². The van der Waals surface area contributed by atoms with Crippen molar-refractivity contribution in [3.8, 4) is 17.2 Å². The average Bonchev–Trinajstić information content (AvgIpc) is 2.53. The van der Waals surface area contributed by atoms with Crippen LogP contribution in [-0.4, -0.2) is 32.3 Å². The van der Waals surface area contributed by atoms with E-state index in [4.69, 9.17) is 10.8 Å². The second-order valence-electron chi connectivity index (χ2n) is 4.92. The first-order valence-corrected chi connectivity index (χ1v) is 7.97. The number of hydrogen-bond acceptors (Lipinski definition) is 7. The molecular weight excluding hydrogens is 314 g/mol. The summed E-state index contributed by atoms with van der Waals surface area (Å²) < 4.78 is 0. The van der Waals surface area contributed by atoms with E-state index < -0.39 is 5.97 Å². The van der Waals surface area contributed by atoms with E-state index in [0.717, 1.165) is 0 Å². The van der Waals surface area contributed by atoms with E-state index in [9.17, 15) is 10.1 Å². The predicted molar refractivity (Wildman–Crippen MR) is 86.8 cm³/mol. The minimum absolute atomic E-state index is 0.0697. The Morgan fingerprint density at radius 3 is 2.65 bits per heavy atom. The fourth-order valence-corrected chi connectivity index (χ4v) is 2.43. The predicted octanol–water partition coefficient (Wildman–Crippen LogP) is 2.29. The van der Waals surface area contributed by atoms with E-state index in [-0.39, 0.29) is 23.7 Å². The summed E-state index contributed by atoms with van der Waals surface area (Å²) in [7, 11) is 0. The van der Waals surface area contributed by atoms with E-state index in [1.807, 2.05) is 12.3 Å². The zero-order valence-electron chi connectivity index (χ0n) is 12.6. The highest BCUT2D eigenvalue weighted by molar-refractivity contribution is 7.98. The molecule has 0 saturated carbocycles. The Bertz CT molecular complexity index is 771. The summed E-state index contributed by atoms with van der Waals surface area (Å²) >= 11 is 1.41. The van der Waals surface area contributed by atoms with Crippen LogP contribution in [0.4, 0.5) is 5.82 Å². The van der Waals surface area contributed by atoms with Crippen LogP contribution in [-0.2, 0) is 4.79 Å². The maximum atomic E-state index is 10.9. The van der Waals surface area contributed by atoms with Crippen LogP contribution in [0.25, 0.3) is 11.1 Å². The molecule has 0 aromatic carbocycles. The lowest BCUT2D eigenvalue weighted by molar-refractivity contribution is -0.137. The molecule has 8 heteroatoms. The molecule has 0 spiro atoms. The molecule has 1 atom stereocenters. The van der Waals surface area contributed by atoms with E-state index >= 15 is 0 Å². The van der Waals surface area contributed by atoms with Gasteiger partial charge in [0.05, 0.1) is 6.42 Å². The first-order valence-electron chi connectivity index (χ1n) is 6.75. The van der Waals surface area contributed by atoms with Gasteiger partial charge in [0.1, 0.15) is 17.5 Å². The Kier molecular flexibility index (Phi) is 5.13. The minimum Gasteiger partial charge on any atom is -0.481 e. The summed E-state index contributed by atoms with van der Waals surface area (Å²) in [5.74, 6) is -1.17. The zero-order chi connectivity index (χ0) is 17.0. The van der Waals surface area contributed by atoms with Crippen molar-refractivity contribution >= 4 is 23.5 Å². The third kappa shape index (κ3) is 3.76. The number of anilines is 1. The number of carbonyl (C=O) groups is 1. The Labute approximate surface area is 137 Å². The maximum absolute atomic E-state index is 10.9. The van der Waals surface area contributed by atoms with Crippen LogP contribution < -0.4 is 5.73 Å². The number of nitrogens with zero attached hydrogens (tertiary/aromatic N) is 4. The largest absolute Gasteiger partial charge is 0.481 e. The van der Waals surface area contributed by atoms with Gasteiger partial charge in [-0.1, -0.05) is 18.7 Å². The number of carboxylic acids is 1. The first-order chi connectivity index (χ1) is 11.0. The maximum Gasteiger partial charge on any atom is 0.304 e. The minimum atomic E-state index is -0.920. The molecule has 1 unspecified atom stereocenters. The lowest BCUT2D eigenvalue weighted by Crippen LogP contribution is -2.08. The molecule has 0 radical (unpaired) electrons. The van der Waals surface area contributed by atoms with Gasteiger partial charge in [0, 0.05) is 35.1 Å². The number of rotatable bonds is 5. The summed E-state index contributed by atoms with van der Waals surface area (Å²) in [6, 6.07) is 3.71. The van der Waals surface area contributed by atoms with Gasteiger partial charge >= 0.3 is 5.97 Å². The Morgan fingerprint density at radius 2 is 2.13 bits per heavy atom. The quantitative estimate of drug-likeness (QED) is 0.632.